The van der Waals surface area contributed by atoms with Gasteiger partial charge in [0.15, 0.2) is 6.61 Å². The SMILES string of the molecule is CC[C@H](NC(=O)COc1ccc(OC)cc1)C(=O)O. The molecule has 0 aliphatic heterocycles. The van der Waals surface area contributed by atoms with Crippen LogP contribution in [0, 0.1) is 0 Å². The fourth-order valence-electron chi connectivity index (χ4n) is 1.40. The molecule has 0 bridgehead atoms. The lowest BCUT2D eigenvalue weighted by molar-refractivity contribution is -0.142. The molecule has 6 nitrogen and oxygen atoms in total. The van der Waals surface area contributed by atoms with Crippen molar-refractivity contribution >= 4 is 11.9 Å². The fourth-order valence-corrected chi connectivity index (χ4v) is 1.40. The molecule has 1 rings (SSSR count). The Morgan fingerprint density at radius 1 is 1.26 bits per heavy atom. The molecule has 0 saturated heterocycles. The van der Waals surface area contributed by atoms with Crippen LogP contribution in [-0.4, -0.2) is 36.7 Å². The van der Waals surface area contributed by atoms with Crippen molar-refractivity contribution in [2.45, 2.75) is 19.4 Å². The molecule has 1 atom stereocenters. The molecule has 0 fully saturated rings. The van der Waals surface area contributed by atoms with Gasteiger partial charge in [-0.15, -0.1) is 0 Å². The number of carboxylic acid groups (broad SMARTS) is 1. The van der Waals surface area contributed by atoms with Crippen LogP contribution in [0.2, 0.25) is 0 Å². The van der Waals surface area contributed by atoms with Gasteiger partial charge in [-0.3, -0.25) is 4.79 Å². The number of benzene rings is 1. The number of carbonyl (C=O) groups is 2. The molecule has 104 valence electrons. The molecule has 0 aromatic heterocycles. The maximum atomic E-state index is 11.5. The summed E-state index contributed by atoms with van der Waals surface area (Å²) in [5.41, 5.74) is 0. The van der Waals surface area contributed by atoms with Crippen molar-refractivity contribution in [2.24, 2.45) is 0 Å². The standard InChI is InChI=1S/C13H17NO5/c1-3-11(13(16)17)14-12(15)8-19-10-6-4-9(18-2)5-7-10/h4-7,11H,3,8H2,1-2H3,(H,14,15)(H,16,17)/t11-/m0/s1. The molecule has 1 aromatic carbocycles. The van der Waals surface area contributed by atoms with Crippen molar-refractivity contribution in [3.63, 3.8) is 0 Å². The molecule has 0 heterocycles. The van der Waals surface area contributed by atoms with Crippen molar-refractivity contribution in [1.29, 1.82) is 0 Å². The van der Waals surface area contributed by atoms with Gasteiger partial charge in [0.25, 0.3) is 5.91 Å². The number of hydrogen-bond donors (Lipinski definition) is 2. The van der Waals surface area contributed by atoms with Crippen LogP contribution in [0.1, 0.15) is 13.3 Å². The summed E-state index contributed by atoms with van der Waals surface area (Å²) < 4.78 is 10.2. The monoisotopic (exact) mass is 267 g/mol. The average Bonchev–Trinajstić information content (AvgIpc) is 2.42. The highest BCUT2D eigenvalue weighted by molar-refractivity contribution is 5.84. The predicted molar refractivity (Wildman–Crippen MR) is 68.3 cm³/mol. The van der Waals surface area contributed by atoms with E-state index in [2.05, 4.69) is 5.32 Å². The summed E-state index contributed by atoms with van der Waals surface area (Å²) in [6.07, 6.45) is 0.323. The highest BCUT2D eigenvalue weighted by atomic mass is 16.5. The third kappa shape index (κ3) is 4.87. The molecule has 0 unspecified atom stereocenters. The Bertz CT molecular complexity index is 429. The van der Waals surface area contributed by atoms with Crippen LogP contribution in [0.4, 0.5) is 0 Å². The zero-order valence-corrected chi connectivity index (χ0v) is 10.9. The summed E-state index contributed by atoms with van der Waals surface area (Å²) >= 11 is 0. The van der Waals surface area contributed by atoms with E-state index in [1.165, 1.54) is 0 Å². The number of aliphatic carboxylic acids is 1. The molecule has 2 N–H and O–H groups in total. The van der Waals surface area contributed by atoms with Crippen molar-refractivity contribution in [3.8, 4) is 11.5 Å². The molecule has 0 spiro atoms. The lowest BCUT2D eigenvalue weighted by atomic mass is 10.2. The van der Waals surface area contributed by atoms with Gasteiger partial charge in [-0.25, -0.2) is 4.79 Å². The number of carboxylic acids is 1. The van der Waals surface area contributed by atoms with Gasteiger partial charge in [0.05, 0.1) is 7.11 Å². The van der Waals surface area contributed by atoms with Crippen molar-refractivity contribution in [2.75, 3.05) is 13.7 Å². The lowest BCUT2D eigenvalue weighted by Crippen LogP contribution is -2.42. The van der Waals surface area contributed by atoms with Crippen LogP contribution < -0.4 is 14.8 Å². The third-order valence-corrected chi connectivity index (χ3v) is 2.47. The van der Waals surface area contributed by atoms with Crippen molar-refractivity contribution in [1.82, 2.24) is 5.32 Å². The van der Waals surface area contributed by atoms with E-state index in [9.17, 15) is 9.59 Å². The van der Waals surface area contributed by atoms with Gasteiger partial charge in [0.2, 0.25) is 0 Å². The summed E-state index contributed by atoms with van der Waals surface area (Å²) in [7, 11) is 1.56. The predicted octanol–water partition coefficient (Wildman–Crippen LogP) is 1.05. The Kier molecular flexibility index (Phi) is 5.66. The number of nitrogens with one attached hydrogen (secondary N) is 1. The summed E-state index contributed by atoms with van der Waals surface area (Å²) in [6, 6.07) is 5.87. The maximum Gasteiger partial charge on any atom is 0.326 e. The zero-order chi connectivity index (χ0) is 14.3. The van der Waals surface area contributed by atoms with E-state index in [1.807, 2.05) is 0 Å². The first-order valence-electron chi connectivity index (χ1n) is 5.85. The second-order valence-electron chi connectivity index (χ2n) is 3.83. The highest BCUT2D eigenvalue weighted by Gasteiger charge is 2.17. The second kappa shape index (κ2) is 7.25. The summed E-state index contributed by atoms with van der Waals surface area (Å²) in [6.45, 7) is 1.46. The fraction of sp³-hybridized carbons (Fsp3) is 0.385. The molecular formula is C13H17NO5. The van der Waals surface area contributed by atoms with E-state index < -0.39 is 17.9 Å². The quantitative estimate of drug-likeness (QED) is 0.771. The Balaban J connectivity index is 2.42. The van der Waals surface area contributed by atoms with Crippen LogP contribution in [-0.2, 0) is 9.59 Å². The van der Waals surface area contributed by atoms with Gasteiger partial charge in [-0.1, -0.05) is 6.92 Å². The van der Waals surface area contributed by atoms with Gasteiger partial charge in [0, 0.05) is 0 Å². The first-order chi connectivity index (χ1) is 9.06. The number of rotatable bonds is 7. The maximum absolute atomic E-state index is 11.5. The number of ether oxygens (including phenoxy) is 2. The van der Waals surface area contributed by atoms with E-state index >= 15 is 0 Å². The molecule has 0 saturated carbocycles. The molecule has 1 amide bonds. The Morgan fingerprint density at radius 2 is 1.84 bits per heavy atom. The van der Waals surface area contributed by atoms with E-state index in [1.54, 1.807) is 38.3 Å². The topological polar surface area (TPSA) is 84.9 Å². The van der Waals surface area contributed by atoms with Gasteiger partial charge >= 0.3 is 5.97 Å². The summed E-state index contributed by atoms with van der Waals surface area (Å²) in [4.78, 5) is 22.2. The highest BCUT2D eigenvalue weighted by Crippen LogP contribution is 2.16. The summed E-state index contributed by atoms with van der Waals surface area (Å²) in [5.74, 6) is -0.321. The molecule has 6 heteroatoms. The number of hydrogen-bond acceptors (Lipinski definition) is 4. The van der Waals surface area contributed by atoms with E-state index in [4.69, 9.17) is 14.6 Å². The van der Waals surface area contributed by atoms with Crippen LogP contribution in [0.25, 0.3) is 0 Å². The van der Waals surface area contributed by atoms with Crippen LogP contribution in [0.5, 0.6) is 11.5 Å². The smallest absolute Gasteiger partial charge is 0.326 e. The van der Waals surface area contributed by atoms with E-state index in [0.29, 0.717) is 17.9 Å². The number of carbonyl (C=O) groups excluding carboxylic acids is 1. The minimum atomic E-state index is -1.06. The molecule has 0 aliphatic rings. The van der Waals surface area contributed by atoms with Gasteiger partial charge in [-0.05, 0) is 30.7 Å². The van der Waals surface area contributed by atoms with E-state index in [-0.39, 0.29) is 6.61 Å². The van der Waals surface area contributed by atoms with E-state index in [0.717, 1.165) is 0 Å². The molecular weight excluding hydrogens is 250 g/mol. The van der Waals surface area contributed by atoms with Crippen LogP contribution in [0.3, 0.4) is 0 Å². The normalized spacial score (nSPS) is 11.5. The summed E-state index contributed by atoms with van der Waals surface area (Å²) in [5, 5.41) is 11.2. The zero-order valence-electron chi connectivity index (χ0n) is 10.9. The Labute approximate surface area is 111 Å². The minimum Gasteiger partial charge on any atom is -0.497 e. The first-order valence-corrected chi connectivity index (χ1v) is 5.85. The Hall–Kier alpha value is -2.24. The third-order valence-electron chi connectivity index (χ3n) is 2.47. The largest absolute Gasteiger partial charge is 0.497 e. The molecule has 19 heavy (non-hydrogen) atoms. The second-order valence-corrected chi connectivity index (χ2v) is 3.83. The number of amides is 1. The lowest BCUT2D eigenvalue weighted by Gasteiger charge is -2.12. The first kappa shape index (κ1) is 14.8. The van der Waals surface area contributed by atoms with Crippen LogP contribution >= 0.6 is 0 Å². The van der Waals surface area contributed by atoms with Crippen LogP contribution in [0.15, 0.2) is 24.3 Å². The van der Waals surface area contributed by atoms with Gasteiger partial charge in [-0.2, -0.15) is 0 Å². The molecule has 0 radical (unpaired) electrons. The number of methoxy groups -OCH3 is 1. The molecule has 0 aliphatic carbocycles. The average molecular weight is 267 g/mol. The van der Waals surface area contributed by atoms with Crippen molar-refractivity contribution < 1.29 is 24.2 Å². The Morgan fingerprint density at radius 3 is 2.32 bits per heavy atom. The van der Waals surface area contributed by atoms with Gasteiger partial charge in [0.1, 0.15) is 17.5 Å². The van der Waals surface area contributed by atoms with Crippen molar-refractivity contribution in [3.05, 3.63) is 24.3 Å². The molecule has 1 aromatic rings. The minimum absolute atomic E-state index is 0.226. The van der Waals surface area contributed by atoms with Gasteiger partial charge < -0.3 is 19.9 Å².